The highest BCUT2D eigenvalue weighted by atomic mass is 32.1. The van der Waals surface area contributed by atoms with E-state index in [9.17, 15) is 19.5 Å². The van der Waals surface area contributed by atoms with Crippen LogP contribution in [0.5, 0.6) is 0 Å². The van der Waals surface area contributed by atoms with Gasteiger partial charge in [-0.1, -0.05) is 67.6 Å². The normalized spacial score (nSPS) is 15.1. The molecule has 0 saturated heterocycles. The van der Waals surface area contributed by atoms with Crippen LogP contribution in [0.4, 0.5) is 5.69 Å². The van der Waals surface area contributed by atoms with Crippen molar-refractivity contribution in [1.82, 2.24) is 4.98 Å². The number of aliphatic hydroxyl groups excluding tert-OH is 1. The van der Waals surface area contributed by atoms with Crippen LogP contribution in [0.15, 0.2) is 90.2 Å². The molecule has 7 nitrogen and oxygen atoms in total. The highest BCUT2D eigenvalue weighted by molar-refractivity contribution is 7.17. The topological polar surface area (TPSA) is 96.8 Å². The molecule has 0 radical (unpaired) electrons. The largest absolute Gasteiger partial charge is 0.503 e. The molecular weight excluding hydrogens is 512 g/mol. The fraction of sp³-hybridized carbons (Fsp3) is 0.161. The number of esters is 1. The first-order valence-corrected chi connectivity index (χ1v) is 13.3. The number of carbonyl (C=O) groups excluding carboxylic acids is 3. The number of amides is 1. The van der Waals surface area contributed by atoms with E-state index in [2.05, 4.69) is 4.98 Å². The van der Waals surface area contributed by atoms with Gasteiger partial charge in [-0.3, -0.25) is 14.5 Å². The molecule has 2 heterocycles. The lowest BCUT2D eigenvalue weighted by Crippen LogP contribution is -2.31. The van der Waals surface area contributed by atoms with E-state index in [0.29, 0.717) is 26.8 Å². The molecule has 3 aromatic carbocycles. The van der Waals surface area contributed by atoms with E-state index in [1.807, 2.05) is 61.5 Å². The van der Waals surface area contributed by atoms with E-state index < -0.39 is 29.5 Å². The van der Waals surface area contributed by atoms with Gasteiger partial charge in [0.05, 0.1) is 34.9 Å². The number of aliphatic hydroxyl groups is 1. The van der Waals surface area contributed by atoms with Crippen LogP contribution in [-0.4, -0.2) is 34.9 Å². The molecular formula is C31H26N2O5S. The quantitative estimate of drug-likeness (QED) is 0.221. The van der Waals surface area contributed by atoms with Crippen molar-refractivity contribution >= 4 is 34.7 Å². The highest BCUT2D eigenvalue weighted by Gasteiger charge is 2.45. The summed E-state index contributed by atoms with van der Waals surface area (Å²) in [5.41, 5.74) is 3.71. The first-order valence-electron chi connectivity index (χ1n) is 12.5. The number of anilines is 1. The van der Waals surface area contributed by atoms with E-state index in [0.717, 1.165) is 17.5 Å². The van der Waals surface area contributed by atoms with Crippen LogP contribution in [-0.2, 0) is 16.0 Å². The van der Waals surface area contributed by atoms with E-state index >= 15 is 0 Å². The number of ether oxygens (including phenoxy) is 1. The number of aromatic nitrogens is 1. The van der Waals surface area contributed by atoms with Gasteiger partial charge in [0.2, 0.25) is 5.78 Å². The average Bonchev–Trinajstić information content (AvgIpc) is 3.49. The number of benzene rings is 3. The number of carbonyl (C=O) groups is 3. The lowest BCUT2D eigenvalue weighted by Gasteiger charge is -2.27. The van der Waals surface area contributed by atoms with Gasteiger partial charge in [-0.05, 0) is 42.7 Å². The van der Waals surface area contributed by atoms with Crippen LogP contribution in [0.1, 0.15) is 49.8 Å². The predicted molar refractivity (Wildman–Crippen MR) is 150 cm³/mol. The zero-order valence-corrected chi connectivity index (χ0v) is 22.5. The SMILES string of the molecule is CCc1ccc(C2C(C(=O)c3sc(-c4ccccc4)nc3C)=C(O)C(=O)N2c2cccc(C(=O)OC)c2)cc1. The van der Waals surface area contributed by atoms with Gasteiger partial charge in [0.25, 0.3) is 5.91 Å². The Balaban J connectivity index is 1.63. The first kappa shape index (κ1) is 26.1. The third kappa shape index (κ3) is 4.75. The van der Waals surface area contributed by atoms with Gasteiger partial charge in [0.1, 0.15) is 5.01 Å². The smallest absolute Gasteiger partial charge is 0.337 e. The predicted octanol–water partition coefficient (Wildman–Crippen LogP) is 6.25. The van der Waals surface area contributed by atoms with Crippen molar-refractivity contribution < 1.29 is 24.2 Å². The van der Waals surface area contributed by atoms with Crippen molar-refractivity contribution in [3.63, 3.8) is 0 Å². The molecule has 4 aromatic rings. The molecule has 1 N–H and O–H groups in total. The molecule has 8 heteroatoms. The molecule has 0 saturated carbocycles. The van der Waals surface area contributed by atoms with Crippen molar-refractivity contribution in [2.75, 3.05) is 12.0 Å². The van der Waals surface area contributed by atoms with Crippen molar-refractivity contribution in [2.24, 2.45) is 0 Å². The van der Waals surface area contributed by atoms with Gasteiger partial charge in [-0.25, -0.2) is 9.78 Å². The van der Waals surface area contributed by atoms with E-state index in [-0.39, 0.29) is 11.1 Å². The van der Waals surface area contributed by atoms with Gasteiger partial charge in [-0.2, -0.15) is 0 Å². The molecule has 1 aliphatic heterocycles. The lowest BCUT2D eigenvalue weighted by molar-refractivity contribution is -0.117. The molecule has 0 bridgehead atoms. The molecule has 1 aliphatic rings. The average molecular weight is 539 g/mol. The monoisotopic (exact) mass is 538 g/mol. The van der Waals surface area contributed by atoms with E-state index in [1.54, 1.807) is 25.1 Å². The number of aryl methyl sites for hydroxylation is 2. The molecule has 1 unspecified atom stereocenters. The maximum atomic E-state index is 14.1. The van der Waals surface area contributed by atoms with Gasteiger partial charge in [0, 0.05) is 11.3 Å². The fourth-order valence-electron chi connectivity index (χ4n) is 4.69. The Morgan fingerprint density at radius 3 is 2.41 bits per heavy atom. The van der Waals surface area contributed by atoms with Crippen molar-refractivity contribution in [3.8, 4) is 10.6 Å². The van der Waals surface area contributed by atoms with E-state index in [4.69, 9.17) is 4.74 Å². The molecule has 0 fully saturated rings. The van der Waals surface area contributed by atoms with Gasteiger partial charge in [-0.15, -0.1) is 11.3 Å². The molecule has 39 heavy (non-hydrogen) atoms. The minimum absolute atomic E-state index is 0.0286. The summed E-state index contributed by atoms with van der Waals surface area (Å²) in [5, 5.41) is 11.8. The second-order valence-electron chi connectivity index (χ2n) is 9.11. The molecule has 5 rings (SSSR count). The van der Waals surface area contributed by atoms with Gasteiger partial charge < -0.3 is 9.84 Å². The Kier molecular flexibility index (Phi) is 7.13. The Hall–Kier alpha value is -4.56. The number of hydrogen-bond donors (Lipinski definition) is 1. The maximum absolute atomic E-state index is 14.1. The molecule has 0 spiro atoms. The minimum atomic E-state index is -0.912. The second kappa shape index (κ2) is 10.7. The summed E-state index contributed by atoms with van der Waals surface area (Å²) < 4.78 is 4.85. The molecule has 196 valence electrons. The number of nitrogens with zero attached hydrogens (tertiary/aromatic N) is 2. The number of thiazole rings is 1. The summed E-state index contributed by atoms with van der Waals surface area (Å²) in [4.78, 5) is 46.2. The van der Waals surface area contributed by atoms with Crippen molar-refractivity contribution in [2.45, 2.75) is 26.3 Å². The molecule has 1 aromatic heterocycles. The first-order chi connectivity index (χ1) is 18.8. The van der Waals surface area contributed by atoms with Crippen LogP contribution in [0, 0.1) is 6.92 Å². The van der Waals surface area contributed by atoms with Crippen LogP contribution in [0.3, 0.4) is 0 Å². The lowest BCUT2D eigenvalue weighted by atomic mass is 9.94. The van der Waals surface area contributed by atoms with Gasteiger partial charge >= 0.3 is 5.97 Å². The van der Waals surface area contributed by atoms with Crippen LogP contribution < -0.4 is 4.90 Å². The Morgan fingerprint density at radius 1 is 1.03 bits per heavy atom. The summed E-state index contributed by atoms with van der Waals surface area (Å²) in [7, 11) is 1.28. The van der Waals surface area contributed by atoms with Crippen LogP contribution >= 0.6 is 11.3 Å². The zero-order valence-electron chi connectivity index (χ0n) is 21.7. The zero-order chi connectivity index (χ0) is 27.7. The van der Waals surface area contributed by atoms with Crippen molar-refractivity contribution in [3.05, 3.63) is 117 Å². The fourth-order valence-corrected chi connectivity index (χ4v) is 5.71. The summed E-state index contributed by atoms with van der Waals surface area (Å²) in [6, 6.07) is 22.6. The van der Waals surface area contributed by atoms with Crippen LogP contribution in [0.2, 0.25) is 0 Å². The third-order valence-electron chi connectivity index (χ3n) is 6.73. The number of hydrogen-bond acceptors (Lipinski definition) is 7. The number of ketones is 1. The third-order valence-corrected chi connectivity index (χ3v) is 7.93. The number of methoxy groups -OCH3 is 1. The Labute approximate surface area is 230 Å². The standard InChI is InChI=1S/C31H26N2O5S/c1-4-19-13-15-20(16-14-19)25-24(26(34)28-18(2)32-29(39-28)21-9-6-5-7-10-21)27(35)30(36)33(25)23-12-8-11-22(17-23)31(37)38-3/h5-17,25,35H,4H2,1-3H3. The van der Waals surface area contributed by atoms with Crippen LogP contribution in [0.25, 0.3) is 10.6 Å². The molecule has 1 atom stereocenters. The number of Topliss-reactive ketones (excluding diaryl/α,β-unsaturated/α-hetero) is 1. The van der Waals surface area contributed by atoms with Crippen molar-refractivity contribution in [1.29, 1.82) is 0 Å². The summed E-state index contributed by atoms with van der Waals surface area (Å²) in [5.74, 6) is -2.37. The highest BCUT2D eigenvalue weighted by Crippen LogP contribution is 2.43. The minimum Gasteiger partial charge on any atom is -0.503 e. The Bertz CT molecular complexity index is 1610. The Morgan fingerprint density at radius 2 is 1.74 bits per heavy atom. The molecule has 1 amide bonds. The van der Waals surface area contributed by atoms with E-state index in [1.165, 1.54) is 29.4 Å². The molecule has 0 aliphatic carbocycles. The van der Waals surface area contributed by atoms with Gasteiger partial charge in [0.15, 0.2) is 5.76 Å². The summed E-state index contributed by atoms with van der Waals surface area (Å²) in [6.45, 7) is 3.78. The summed E-state index contributed by atoms with van der Waals surface area (Å²) >= 11 is 1.22. The maximum Gasteiger partial charge on any atom is 0.337 e. The second-order valence-corrected chi connectivity index (χ2v) is 10.1. The number of rotatable bonds is 7. The summed E-state index contributed by atoms with van der Waals surface area (Å²) in [6.07, 6.45) is 0.823.